The van der Waals surface area contributed by atoms with E-state index < -0.39 is 0 Å². The molecule has 0 aliphatic carbocycles. The number of rotatable bonds is 5. The number of benzene rings is 3. The summed E-state index contributed by atoms with van der Waals surface area (Å²) in [7, 11) is 1.60. The maximum absolute atomic E-state index is 13.6. The molecule has 32 heavy (non-hydrogen) atoms. The third-order valence-corrected chi connectivity index (χ3v) is 6.02. The third-order valence-electron chi connectivity index (χ3n) is 6.02. The smallest absolute Gasteiger partial charge is 0.258 e. The van der Waals surface area contributed by atoms with Gasteiger partial charge in [0.2, 0.25) is 5.91 Å². The van der Waals surface area contributed by atoms with Crippen LogP contribution < -0.4 is 14.5 Å². The van der Waals surface area contributed by atoms with Crippen LogP contribution in [0.5, 0.6) is 5.75 Å². The van der Waals surface area contributed by atoms with Gasteiger partial charge in [0, 0.05) is 30.0 Å². The van der Waals surface area contributed by atoms with Crippen LogP contribution in [0, 0.1) is 6.92 Å². The second-order valence-electron chi connectivity index (χ2n) is 8.01. The first-order valence-corrected chi connectivity index (χ1v) is 11.0. The van der Waals surface area contributed by atoms with Crippen molar-refractivity contribution in [2.45, 2.75) is 26.2 Å². The van der Waals surface area contributed by atoms with E-state index in [4.69, 9.17) is 4.74 Å². The van der Waals surface area contributed by atoms with E-state index in [1.165, 1.54) is 0 Å². The van der Waals surface area contributed by atoms with Gasteiger partial charge in [0.1, 0.15) is 5.75 Å². The fraction of sp³-hybridized carbons (Fsp3) is 0.259. The average Bonchev–Trinajstić information content (AvgIpc) is 2.83. The van der Waals surface area contributed by atoms with Crippen LogP contribution in [0.25, 0.3) is 0 Å². The van der Waals surface area contributed by atoms with Crippen molar-refractivity contribution in [1.82, 2.24) is 0 Å². The van der Waals surface area contributed by atoms with Gasteiger partial charge in [-0.05, 0) is 73.9 Å². The van der Waals surface area contributed by atoms with Gasteiger partial charge in [-0.2, -0.15) is 0 Å². The predicted octanol–water partition coefficient (Wildman–Crippen LogP) is 5.19. The quantitative estimate of drug-likeness (QED) is 0.562. The molecule has 1 heterocycles. The third kappa shape index (κ3) is 4.11. The summed E-state index contributed by atoms with van der Waals surface area (Å²) in [4.78, 5) is 30.5. The first kappa shape index (κ1) is 21.6. The number of carbonyl (C=O) groups excluding carboxylic acids is 2. The van der Waals surface area contributed by atoms with Crippen LogP contribution in [0.4, 0.5) is 11.4 Å². The summed E-state index contributed by atoms with van der Waals surface area (Å²) < 4.78 is 5.20. The molecule has 0 fully saturated rings. The number of fused-ring (bicyclic) bond motifs is 1. The van der Waals surface area contributed by atoms with Gasteiger partial charge in [-0.1, -0.05) is 30.3 Å². The Balaban J connectivity index is 1.64. The highest BCUT2D eigenvalue weighted by Crippen LogP contribution is 2.38. The van der Waals surface area contributed by atoms with Crippen molar-refractivity contribution in [2.24, 2.45) is 0 Å². The molecule has 3 aromatic rings. The van der Waals surface area contributed by atoms with Gasteiger partial charge in [0.25, 0.3) is 5.91 Å². The highest BCUT2D eigenvalue weighted by molar-refractivity contribution is 6.08. The van der Waals surface area contributed by atoms with Gasteiger partial charge in [-0.15, -0.1) is 0 Å². The van der Waals surface area contributed by atoms with Crippen LogP contribution in [0.15, 0.2) is 72.8 Å². The van der Waals surface area contributed by atoms with Gasteiger partial charge in [0.15, 0.2) is 0 Å². The van der Waals surface area contributed by atoms with Crippen LogP contribution >= 0.6 is 0 Å². The minimum atomic E-state index is -0.286. The van der Waals surface area contributed by atoms with Crippen molar-refractivity contribution in [2.75, 3.05) is 30.0 Å². The van der Waals surface area contributed by atoms with Crippen LogP contribution in [0.2, 0.25) is 0 Å². The summed E-state index contributed by atoms with van der Waals surface area (Å²) in [6.45, 7) is 5.11. The molecule has 4 rings (SSSR count). The van der Waals surface area contributed by atoms with E-state index in [1.54, 1.807) is 36.3 Å². The number of amides is 2. The van der Waals surface area contributed by atoms with E-state index in [-0.39, 0.29) is 17.7 Å². The van der Waals surface area contributed by atoms with Crippen LogP contribution in [-0.2, 0) is 4.79 Å². The monoisotopic (exact) mass is 428 g/mol. The minimum absolute atomic E-state index is 0.0714. The number of ether oxygens (including phenoxy) is 1. The van der Waals surface area contributed by atoms with Gasteiger partial charge in [-0.25, -0.2) is 0 Å². The number of methoxy groups -OCH3 is 1. The van der Waals surface area contributed by atoms with E-state index in [9.17, 15) is 9.59 Å². The number of likely N-dealkylation sites (N-methyl/N-ethyl adjacent to an activating group) is 1. The van der Waals surface area contributed by atoms with Crippen molar-refractivity contribution < 1.29 is 14.3 Å². The van der Waals surface area contributed by atoms with E-state index in [0.29, 0.717) is 30.8 Å². The number of anilines is 2. The lowest BCUT2D eigenvalue weighted by Crippen LogP contribution is -2.42. The number of aryl methyl sites for hydroxylation is 1. The standard InChI is InChI=1S/C27H28N2O3/c1-4-28(21-9-7-8-19(2)18-21)27(31)24-16-17-29(25-11-6-5-10-23(24)25)26(30)20-12-14-22(32-3)15-13-20/h5-15,18,24H,4,16-17H2,1-3H3/t24-/m0/s1. The Morgan fingerprint density at radius 2 is 1.78 bits per heavy atom. The SMILES string of the molecule is CCN(C(=O)[C@H]1CCN(C(=O)c2ccc(OC)cc2)c2ccccc21)c1cccc(C)c1. The fourth-order valence-corrected chi connectivity index (χ4v) is 4.37. The molecule has 0 radical (unpaired) electrons. The molecule has 0 saturated heterocycles. The molecule has 2 amide bonds. The molecular weight excluding hydrogens is 400 g/mol. The Kier molecular flexibility index (Phi) is 6.26. The summed E-state index contributed by atoms with van der Waals surface area (Å²) >= 11 is 0. The summed E-state index contributed by atoms with van der Waals surface area (Å²) in [6, 6.07) is 22.9. The van der Waals surface area contributed by atoms with E-state index in [0.717, 1.165) is 22.5 Å². The maximum atomic E-state index is 13.6. The molecule has 0 spiro atoms. The lowest BCUT2D eigenvalue weighted by molar-refractivity contribution is -0.120. The first-order valence-electron chi connectivity index (χ1n) is 11.0. The van der Waals surface area contributed by atoms with E-state index in [1.807, 2.05) is 67.3 Å². The Hall–Kier alpha value is -3.60. The molecule has 5 heteroatoms. The number of nitrogens with zero attached hydrogens (tertiary/aromatic N) is 2. The minimum Gasteiger partial charge on any atom is -0.497 e. The largest absolute Gasteiger partial charge is 0.497 e. The fourth-order valence-electron chi connectivity index (χ4n) is 4.37. The molecule has 0 aromatic heterocycles. The lowest BCUT2D eigenvalue weighted by Gasteiger charge is -2.36. The van der Waals surface area contributed by atoms with Gasteiger partial charge >= 0.3 is 0 Å². The van der Waals surface area contributed by atoms with Crippen LogP contribution in [0.3, 0.4) is 0 Å². The Morgan fingerprint density at radius 3 is 2.47 bits per heavy atom. The zero-order valence-corrected chi connectivity index (χ0v) is 18.7. The molecule has 0 unspecified atom stereocenters. The summed E-state index contributed by atoms with van der Waals surface area (Å²) in [6.07, 6.45) is 0.583. The number of carbonyl (C=O) groups is 2. The molecule has 3 aromatic carbocycles. The summed E-state index contributed by atoms with van der Waals surface area (Å²) in [5, 5.41) is 0. The van der Waals surface area contributed by atoms with E-state index in [2.05, 4.69) is 0 Å². The van der Waals surface area contributed by atoms with Gasteiger partial charge in [-0.3, -0.25) is 9.59 Å². The second-order valence-corrected chi connectivity index (χ2v) is 8.01. The summed E-state index contributed by atoms with van der Waals surface area (Å²) in [5.74, 6) is 0.424. The van der Waals surface area contributed by atoms with Crippen LogP contribution in [0.1, 0.15) is 40.7 Å². The molecule has 164 valence electrons. The highest BCUT2D eigenvalue weighted by Gasteiger charge is 2.35. The normalized spacial score (nSPS) is 15.1. The topological polar surface area (TPSA) is 49.9 Å². The van der Waals surface area contributed by atoms with Gasteiger partial charge < -0.3 is 14.5 Å². The molecule has 1 atom stereocenters. The molecule has 0 saturated carbocycles. The van der Waals surface area contributed by atoms with Crippen molar-refractivity contribution in [3.8, 4) is 5.75 Å². The average molecular weight is 429 g/mol. The molecular formula is C27H28N2O3. The number of para-hydroxylation sites is 1. The summed E-state index contributed by atoms with van der Waals surface area (Å²) in [5.41, 5.74) is 4.33. The predicted molar refractivity (Wildman–Crippen MR) is 128 cm³/mol. The molecule has 1 aliphatic rings. The first-order chi connectivity index (χ1) is 15.5. The molecule has 5 nitrogen and oxygen atoms in total. The highest BCUT2D eigenvalue weighted by atomic mass is 16.5. The van der Waals surface area contributed by atoms with E-state index >= 15 is 0 Å². The number of hydrogen-bond acceptors (Lipinski definition) is 3. The van der Waals surface area contributed by atoms with Crippen LogP contribution in [-0.4, -0.2) is 32.0 Å². The lowest BCUT2D eigenvalue weighted by atomic mass is 9.88. The second kappa shape index (κ2) is 9.27. The zero-order valence-electron chi connectivity index (χ0n) is 18.7. The van der Waals surface area contributed by atoms with Crippen molar-refractivity contribution in [1.29, 1.82) is 0 Å². The Bertz CT molecular complexity index is 1120. The van der Waals surface area contributed by atoms with Crippen molar-refractivity contribution in [3.05, 3.63) is 89.5 Å². The zero-order chi connectivity index (χ0) is 22.7. The van der Waals surface area contributed by atoms with Crippen molar-refractivity contribution >= 4 is 23.2 Å². The Labute approximate surface area is 189 Å². The molecule has 0 bridgehead atoms. The number of hydrogen-bond donors (Lipinski definition) is 0. The Morgan fingerprint density at radius 1 is 1.03 bits per heavy atom. The van der Waals surface area contributed by atoms with Crippen molar-refractivity contribution in [3.63, 3.8) is 0 Å². The maximum Gasteiger partial charge on any atom is 0.258 e. The molecule has 1 aliphatic heterocycles. The molecule has 0 N–H and O–H groups in total. The van der Waals surface area contributed by atoms with Gasteiger partial charge in [0.05, 0.1) is 13.0 Å².